The van der Waals surface area contributed by atoms with Gasteiger partial charge in [0.15, 0.2) is 0 Å². The van der Waals surface area contributed by atoms with Crippen molar-refractivity contribution < 1.29 is 6.85 Å². The molecule has 2 rings (SSSR count). The van der Waals surface area contributed by atoms with E-state index in [0.717, 1.165) is 11.3 Å². The Morgan fingerprint density at radius 1 is 1.31 bits per heavy atom. The highest BCUT2D eigenvalue weighted by atomic mass is 14.7. The summed E-state index contributed by atoms with van der Waals surface area (Å²) in [5.41, 5.74) is 2.28. The van der Waals surface area contributed by atoms with Crippen LogP contribution < -0.4 is 0 Å². The first-order chi connectivity index (χ1) is 9.84. The van der Waals surface area contributed by atoms with Crippen LogP contribution in [0.2, 0.25) is 0 Å². The monoisotopic (exact) mass is 216 g/mol. The standard InChI is InChI=1S/C15H17N/c1-12-7-6-10-16-15(12)11-13(2)14-8-4-3-5-9-14/h3-10,13H,11H2,1-2H3/i3D,4D,5D,8D,9D. The van der Waals surface area contributed by atoms with Gasteiger partial charge in [0.2, 0.25) is 0 Å². The average Bonchev–Trinajstić information content (AvgIpc) is 2.46. The lowest BCUT2D eigenvalue weighted by Gasteiger charge is -2.12. The Bertz CT molecular complexity index is 655. The summed E-state index contributed by atoms with van der Waals surface area (Å²) in [6.45, 7) is 3.82. The molecule has 0 amide bonds. The van der Waals surface area contributed by atoms with E-state index in [1.807, 2.05) is 26.0 Å². The number of benzene rings is 1. The Labute approximate surface area is 104 Å². The molecule has 0 saturated carbocycles. The summed E-state index contributed by atoms with van der Waals surface area (Å²) in [6.07, 6.45) is 2.25. The van der Waals surface area contributed by atoms with E-state index in [9.17, 15) is 0 Å². The average molecular weight is 216 g/mol. The largest absolute Gasteiger partial charge is 0.261 e. The van der Waals surface area contributed by atoms with Crippen LogP contribution in [-0.4, -0.2) is 4.98 Å². The van der Waals surface area contributed by atoms with E-state index in [1.54, 1.807) is 6.20 Å². The first kappa shape index (κ1) is 6.19. The minimum Gasteiger partial charge on any atom is -0.261 e. The predicted octanol–water partition coefficient (Wildman–Crippen LogP) is 3.74. The summed E-state index contributed by atoms with van der Waals surface area (Å²) in [5.74, 6) is -0.201. The van der Waals surface area contributed by atoms with Crippen LogP contribution in [0.3, 0.4) is 0 Å². The highest BCUT2D eigenvalue weighted by molar-refractivity contribution is 5.24. The number of aromatic nitrogens is 1. The Morgan fingerprint density at radius 2 is 2.06 bits per heavy atom. The quantitative estimate of drug-likeness (QED) is 0.761. The van der Waals surface area contributed by atoms with Gasteiger partial charge in [0.25, 0.3) is 0 Å². The second-order valence-corrected chi connectivity index (χ2v) is 3.91. The van der Waals surface area contributed by atoms with Crippen LogP contribution in [-0.2, 0) is 6.42 Å². The predicted molar refractivity (Wildman–Crippen MR) is 67.5 cm³/mol. The lowest BCUT2D eigenvalue weighted by molar-refractivity contribution is 0.736. The van der Waals surface area contributed by atoms with Gasteiger partial charge in [-0.2, -0.15) is 0 Å². The lowest BCUT2D eigenvalue weighted by atomic mass is 9.95. The summed E-state index contributed by atoms with van der Waals surface area (Å²) < 4.78 is 39.1. The summed E-state index contributed by atoms with van der Waals surface area (Å²) in [7, 11) is 0. The fraction of sp³-hybridized carbons (Fsp3) is 0.267. The molecule has 1 unspecified atom stereocenters. The van der Waals surface area contributed by atoms with Crippen molar-refractivity contribution in [2.45, 2.75) is 26.2 Å². The normalized spacial score (nSPS) is 16.8. The number of hydrogen-bond donors (Lipinski definition) is 0. The molecule has 16 heavy (non-hydrogen) atoms. The molecule has 0 radical (unpaired) electrons. The highest BCUT2D eigenvalue weighted by Crippen LogP contribution is 2.20. The van der Waals surface area contributed by atoms with Crippen LogP contribution >= 0.6 is 0 Å². The number of aryl methyl sites for hydroxylation is 1. The van der Waals surface area contributed by atoms with Crippen molar-refractivity contribution in [2.24, 2.45) is 0 Å². The van der Waals surface area contributed by atoms with Gasteiger partial charge in [-0.25, -0.2) is 0 Å². The molecule has 1 nitrogen and oxygen atoms in total. The second kappa shape index (κ2) is 4.93. The molecule has 2 aromatic rings. The number of pyridine rings is 1. The van der Waals surface area contributed by atoms with E-state index in [4.69, 9.17) is 6.85 Å². The number of hydrogen-bond acceptors (Lipinski definition) is 1. The van der Waals surface area contributed by atoms with Crippen molar-refractivity contribution in [3.63, 3.8) is 0 Å². The molecule has 0 saturated heterocycles. The molecule has 1 aromatic carbocycles. The minimum absolute atomic E-state index is 0.123. The van der Waals surface area contributed by atoms with E-state index in [1.165, 1.54) is 0 Å². The Morgan fingerprint density at radius 3 is 2.75 bits per heavy atom. The van der Waals surface area contributed by atoms with Gasteiger partial charge < -0.3 is 0 Å². The van der Waals surface area contributed by atoms with Crippen molar-refractivity contribution in [1.82, 2.24) is 4.98 Å². The molecule has 0 aliphatic rings. The summed E-state index contributed by atoms with van der Waals surface area (Å²) in [5, 5.41) is 0. The van der Waals surface area contributed by atoms with Gasteiger partial charge in [0.1, 0.15) is 0 Å². The maximum Gasteiger partial charge on any atom is 0.0626 e. The molecule has 0 bridgehead atoms. The third-order valence-corrected chi connectivity index (χ3v) is 2.63. The molecule has 0 N–H and O–H groups in total. The summed E-state index contributed by atoms with van der Waals surface area (Å²) >= 11 is 0. The topological polar surface area (TPSA) is 12.9 Å². The van der Waals surface area contributed by atoms with Crippen LogP contribution in [0.1, 0.15) is 36.5 Å². The summed E-state index contributed by atoms with van der Waals surface area (Å²) in [4.78, 5) is 4.31. The first-order valence-corrected chi connectivity index (χ1v) is 5.31. The zero-order valence-electron chi connectivity index (χ0n) is 14.5. The molecule has 0 aliphatic heterocycles. The Hall–Kier alpha value is -1.63. The number of rotatable bonds is 3. The van der Waals surface area contributed by atoms with Crippen molar-refractivity contribution in [3.8, 4) is 0 Å². The first-order valence-electron chi connectivity index (χ1n) is 7.81. The van der Waals surface area contributed by atoms with E-state index in [-0.39, 0.29) is 36.1 Å². The summed E-state index contributed by atoms with van der Waals surface area (Å²) in [6, 6.07) is 2.65. The second-order valence-electron chi connectivity index (χ2n) is 3.91. The minimum atomic E-state index is -0.352. The molecule has 0 fully saturated rings. The molecular weight excluding hydrogens is 194 g/mol. The fourth-order valence-electron chi connectivity index (χ4n) is 1.63. The van der Waals surface area contributed by atoms with E-state index in [0.29, 0.717) is 12.0 Å². The molecule has 0 aliphatic carbocycles. The molecule has 1 heterocycles. The van der Waals surface area contributed by atoms with Gasteiger partial charge in [0.05, 0.1) is 6.85 Å². The van der Waals surface area contributed by atoms with Crippen LogP contribution in [0.4, 0.5) is 0 Å². The van der Waals surface area contributed by atoms with Crippen LogP contribution in [0, 0.1) is 6.92 Å². The van der Waals surface area contributed by atoms with E-state index >= 15 is 0 Å². The van der Waals surface area contributed by atoms with Crippen molar-refractivity contribution >= 4 is 0 Å². The Kier molecular flexibility index (Phi) is 1.91. The SMILES string of the molecule is [2H]c1c([2H])c([2H])c(C(C)Cc2ncccc2C)c([2H])c1[2H]. The van der Waals surface area contributed by atoms with Gasteiger partial charge in [-0.15, -0.1) is 0 Å². The van der Waals surface area contributed by atoms with Gasteiger partial charge in [-0.05, 0) is 36.5 Å². The zero-order chi connectivity index (χ0) is 15.7. The molecule has 1 atom stereocenters. The highest BCUT2D eigenvalue weighted by Gasteiger charge is 2.08. The van der Waals surface area contributed by atoms with Crippen molar-refractivity contribution in [1.29, 1.82) is 0 Å². The Balaban J connectivity index is 2.45. The van der Waals surface area contributed by atoms with Crippen LogP contribution in [0.5, 0.6) is 0 Å². The third kappa shape index (κ3) is 2.48. The molecular formula is C15H17N. The smallest absolute Gasteiger partial charge is 0.0626 e. The zero-order valence-corrected chi connectivity index (χ0v) is 9.46. The maximum absolute atomic E-state index is 7.99. The molecule has 0 spiro atoms. The van der Waals surface area contributed by atoms with Crippen molar-refractivity contribution in [3.05, 3.63) is 65.4 Å². The van der Waals surface area contributed by atoms with Gasteiger partial charge in [-0.3, -0.25) is 4.98 Å². The maximum atomic E-state index is 7.99. The molecule has 82 valence electrons. The van der Waals surface area contributed by atoms with Gasteiger partial charge in [0, 0.05) is 11.9 Å². The van der Waals surface area contributed by atoms with Crippen molar-refractivity contribution in [2.75, 3.05) is 0 Å². The fourth-order valence-corrected chi connectivity index (χ4v) is 1.63. The van der Waals surface area contributed by atoms with Crippen LogP contribution in [0.15, 0.2) is 48.5 Å². The molecule has 1 aromatic heterocycles. The van der Waals surface area contributed by atoms with E-state index in [2.05, 4.69) is 4.98 Å². The lowest BCUT2D eigenvalue weighted by Crippen LogP contribution is -2.02. The van der Waals surface area contributed by atoms with Gasteiger partial charge >= 0.3 is 0 Å². The number of nitrogens with zero attached hydrogens (tertiary/aromatic N) is 1. The molecule has 1 heteroatoms. The van der Waals surface area contributed by atoms with Crippen LogP contribution in [0.25, 0.3) is 0 Å². The third-order valence-electron chi connectivity index (χ3n) is 2.63. The van der Waals surface area contributed by atoms with Gasteiger partial charge in [-0.1, -0.05) is 43.2 Å². The van der Waals surface area contributed by atoms with E-state index < -0.39 is 0 Å².